The number of hydrogen-bond donors (Lipinski definition) is 3. The lowest BCUT2D eigenvalue weighted by atomic mass is 9.45. The lowest BCUT2D eigenvalue weighted by Crippen LogP contribution is -2.72. The van der Waals surface area contributed by atoms with Crippen LogP contribution in [0.4, 0.5) is 18.9 Å². The first-order chi connectivity index (χ1) is 28.6. The van der Waals surface area contributed by atoms with Crippen LogP contribution in [0, 0.1) is 11.2 Å². The number of fused-ring (bicyclic) bond motifs is 3. The van der Waals surface area contributed by atoms with E-state index in [1.807, 2.05) is 12.1 Å². The van der Waals surface area contributed by atoms with E-state index in [0.717, 1.165) is 0 Å². The van der Waals surface area contributed by atoms with Crippen molar-refractivity contribution in [3.63, 3.8) is 0 Å². The van der Waals surface area contributed by atoms with Crippen molar-refractivity contribution in [3.8, 4) is 0 Å². The van der Waals surface area contributed by atoms with Crippen molar-refractivity contribution in [2.45, 2.75) is 85.5 Å². The summed E-state index contributed by atoms with van der Waals surface area (Å²) in [5, 5.41) is 26.7. The number of likely N-dealkylation sites (tertiary alicyclic amines) is 1. The van der Waals surface area contributed by atoms with Gasteiger partial charge in [-0.15, -0.1) is 10.2 Å². The second-order valence-corrected chi connectivity index (χ2v) is 17.3. The molecule has 4 aliphatic rings. The fourth-order valence-electron chi connectivity index (χ4n) is 11.0. The number of amides is 2. The molecule has 0 unspecified atom stereocenters. The van der Waals surface area contributed by atoms with Gasteiger partial charge < -0.3 is 20.2 Å². The molecular formula is C44H41Cl2F3N6O4. The van der Waals surface area contributed by atoms with Crippen molar-refractivity contribution in [2.75, 3.05) is 18.7 Å². The Morgan fingerprint density at radius 1 is 0.966 bits per heavy atom. The molecule has 2 amide bonds. The second-order valence-electron chi connectivity index (χ2n) is 16.5. The molecule has 10 nitrogen and oxygen atoms in total. The maximum absolute atomic E-state index is 17.0. The van der Waals surface area contributed by atoms with Crippen molar-refractivity contribution in [1.82, 2.24) is 25.4 Å². The molecule has 15 heteroatoms. The first-order valence-corrected chi connectivity index (χ1v) is 20.5. The largest absolute Gasteiger partial charge is 0.428 e. The van der Waals surface area contributed by atoms with Crippen molar-refractivity contribution < 1.29 is 32.3 Å². The summed E-state index contributed by atoms with van der Waals surface area (Å²) in [7, 11) is 0. The Morgan fingerprint density at radius 2 is 1.64 bits per heavy atom. The van der Waals surface area contributed by atoms with Gasteiger partial charge in [0.1, 0.15) is 5.41 Å². The van der Waals surface area contributed by atoms with Crippen LogP contribution in [0.3, 0.4) is 0 Å². The number of nitrogens with one attached hydrogen (secondary N) is 2. The van der Waals surface area contributed by atoms with E-state index in [1.165, 1.54) is 18.7 Å². The van der Waals surface area contributed by atoms with Crippen LogP contribution in [0.5, 0.6) is 0 Å². The number of carbonyl (C=O) groups excluding carboxylic acids is 2. The lowest BCUT2D eigenvalue weighted by Gasteiger charge is -2.63. The van der Waals surface area contributed by atoms with Crippen LogP contribution >= 0.6 is 23.2 Å². The molecule has 2 aromatic heterocycles. The Bertz CT molecular complexity index is 2340. The van der Waals surface area contributed by atoms with E-state index in [2.05, 4.69) is 25.8 Å². The number of halogens is 5. The molecule has 3 N–H and O–H groups in total. The van der Waals surface area contributed by atoms with Gasteiger partial charge in [-0.2, -0.15) is 0 Å². The summed E-state index contributed by atoms with van der Waals surface area (Å²) < 4.78 is 53.2. The molecule has 2 spiro atoms. The number of rotatable bonds is 10. The van der Waals surface area contributed by atoms with Crippen LogP contribution in [-0.2, 0) is 15.0 Å². The molecule has 4 heterocycles. The highest BCUT2D eigenvalue weighted by Gasteiger charge is 2.82. The molecule has 0 radical (unpaired) electrons. The molecule has 2 aliphatic carbocycles. The predicted octanol–water partition coefficient (Wildman–Crippen LogP) is 8.34. The van der Waals surface area contributed by atoms with Crippen LogP contribution in [-0.4, -0.2) is 68.0 Å². The van der Waals surface area contributed by atoms with E-state index in [0.29, 0.717) is 59.0 Å². The fourth-order valence-corrected chi connectivity index (χ4v) is 11.3. The van der Waals surface area contributed by atoms with Crippen LogP contribution in [0.1, 0.15) is 90.7 Å². The highest BCUT2D eigenvalue weighted by molar-refractivity contribution is 6.31. The smallest absolute Gasteiger partial charge is 0.238 e. The van der Waals surface area contributed by atoms with Gasteiger partial charge in [-0.3, -0.25) is 23.3 Å². The van der Waals surface area contributed by atoms with Gasteiger partial charge in [-0.05, 0) is 79.0 Å². The molecular weight excluding hydrogens is 804 g/mol. The number of aliphatic hydroxyl groups excluding tert-OH is 1. The molecule has 5 aromatic rings. The third-order valence-electron chi connectivity index (χ3n) is 13.4. The van der Waals surface area contributed by atoms with E-state index in [9.17, 15) is 5.11 Å². The van der Waals surface area contributed by atoms with Gasteiger partial charge in [0.25, 0.3) is 0 Å². The predicted molar refractivity (Wildman–Crippen MR) is 214 cm³/mol. The van der Waals surface area contributed by atoms with E-state index in [-0.39, 0.29) is 30.4 Å². The third kappa shape index (κ3) is 6.18. The third-order valence-corrected chi connectivity index (χ3v) is 13.9. The van der Waals surface area contributed by atoms with Crippen molar-refractivity contribution in [2.24, 2.45) is 5.41 Å². The standard InChI is InChI=1S/C44H41Cl2F3N6O4/c45-28-13-16-31-32(19-28)53-41(58)44(31)33(30-17-18-50-38(46)34(30)49)36(39(57)52-29-14-11-27(12-15-29)40-54-51-24-59-40)55(43(44)20-42(21-43,22-47)23-48)35(25-7-3-1-4-8-25)37(56)26-9-5-2-6-10-26/h1-10,13,16-19,24,27,29,33,35-37,56H,11-12,14-15,20-23H2,(H,52,57)(H,53,58)/t27?,29?,33-,35+,36+,37-,44+/m0/s1. The number of nitrogens with zero attached hydrogens (tertiary/aromatic N) is 4. The van der Waals surface area contributed by atoms with E-state index in [1.54, 1.807) is 71.6 Å². The Balaban J connectivity index is 1.31. The molecule has 0 bridgehead atoms. The molecule has 1 saturated heterocycles. The summed E-state index contributed by atoms with van der Waals surface area (Å²) in [6, 6.07) is 21.3. The zero-order chi connectivity index (χ0) is 41.1. The molecule has 9 rings (SSSR count). The minimum absolute atomic E-state index is 0.000494. The molecule has 59 heavy (non-hydrogen) atoms. The van der Waals surface area contributed by atoms with Gasteiger partial charge in [0.2, 0.25) is 24.1 Å². The van der Waals surface area contributed by atoms with Gasteiger partial charge >= 0.3 is 0 Å². The van der Waals surface area contributed by atoms with Crippen molar-refractivity contribution in [1.29, 1.82) is 0 Å². The normalized spacial score (nSPS) is 26.6. The van der Waals surface area contributed by atoms with Crippen LogP contribution in [0.2, 0.25) is 10.2 Å². The number of aliphatic hydroxyl groups is 1. The van der Waals surface area contributed by atoms with Gasteiger partial charge in [-0.25, -0.2) is 9.37 Å². The number of aromatic nitrogens is 3. The van der Waals surface area contributed by atoms with Gasteiger partial charge in [0, 0.05) is 45.7 Å². The maximum Gasteiger partial charge on any atom is 0.238 e. The molecule has 306 valence electrons. The summed E-state index contributed by atoms with van der Waals surface area (Å²) >= 11 is 13.0. The Labute approximate surface area is 348 Å². The number of carbonyl (C=O) groups is 2. The maximum atomic E-state index is 17.0. The highest BCUT2D eigenvalue weighted by Crippen LogP contribution is 2.74. The van der Waals surface area contributed by atoms with Crippen molar-refractivity contribution >= 4 is 40.7 Å². The van der Waals surface area contributed by atoms with E-state index < -0.39 is 76.6 Å². The van der Waals surface area contributed by atoms with Crippen LogP contribution < -0.4 is 10.6 Å². The first kappa shape index (κ1) is 39.6. The zero-order valence-electron chi connectivity index (χ0n) is 31.7. The summed E-state index contributed by atoms with van der Waals surface area (Å²) in [4.78, 5) is 36.9. The summed E-state index contributed by atoms with van der Waals surface area (Å²) in [6.45, 7) is -2.11. The SMILES string of the molecule is O=C(NC1CCC(c2nnco2)CC1)[C@H]1[C@H](c2ccnc(Cl)c2F)[C@]2(C(=O)Nc3cc(Cl)ccc32)C2(CC(CF)(CF)C2)N1[C@H](c1ccccc1)[C@@H](O)c1ccccc1. The monoisotopic (exact) mass is 844 g/mol. The fraction of sp³-hybridized carbons (Fsp3) is 0.386. The minimum atomic E-state index is -1.88. The molecule has 5 atom stereocenters. The summed E-state index contributed by atoms with van der Waals surface area (Å²) in [5.74, 6) is -2.93. The highest BCUT2D eigenvalue weighted by atomic mass is 35.5. The lowest BCUT2D eigenvalue weighted by molar-refractivity contribution is -0.166. The zero-order valence-corrected chi connectivity index (χ0v) is 33.2. The number of pyridine rings is 1. The van der Waals surface area contributed by atoms with Gasteiger partial charge in [-0.1, -0.05) is 89.9 Å². The Hall–Kier alpha value is -4.82. The molecule has 3 aromatic carbocycles. The van der Waals surface area contributed by atoms with E-state index in [4.69, 9.17) is 27.6 Å². The number of anilines is 1. The Kier molecular flexibility index (Phi) is 10.3. The molecule has 2 saturated carbocycles. The number of hydrogen-bond acceptors (Lipinski definition) is 8. The van der Waals surface area contributed by atoms with Crippen LogP contribution in [0.25, 0.3) is 0 Å². The minimum Gasteiger partial charge on any atom is -0.428 e. The topological polar surface area (TPSA) is 133 Å². The van der Waals surface area contributed by atoms with Gasteiger partial charge in [0.05, 0.1) is 31.5 Å². The number of alkyl halides is 2. The van der Waals surface area contributed by atoms with Crippen molar-refractivity contribution in [3.05, 3.63) is 142 Å². The summed E-state index contributed by atoms with van der Waals surface area (Å²) in [5.41, 5.74) is -3.33. The average Bonchev–Trinajstić information content (AvgIpc) is 3.94. The van der Waals surface area contributed by atoms with Crippen LogP contribution in [0.15, 0.2) is 102 Å². The van der Waals surface area contributed by atoms with Gasteiger partial charge in [0.15, 0.2) is 11.0 Å². The molecule has 2 aliphatic heterocycles. The summed E-state index contributed by atoms with van der Waals surface area (Å²) in [6.07, 6.45) is 3.13. The quantitative estimate of drug-likeness (QED) is 0.120. The molecule has 3 fully saturated rings. The first-order valence-electron chi connectivity index (χ1n) is 19.7. The second kappa shape index (κ2) is 15.3. The Morgan fingerprint density at radius 3 is 2.29 bits per heavy atom. The number of benzene rings is 3. The van der Waals surface area contributed by atoms with E-state index >= 15 is 22.8 Å². The average molecular weight is 846 g/mol.